The minimum absolute atomic E-state index is 0.0813. The highest BCUT2D eigenvalue weighted by molar-refractivity contribution is 5.79. The van der Waals surface area contributed by atoms with Crippen LogP contribution in [0.1, 0.15) is 36.9 Å². The van der Waals surface area contributed by atoms with Crippen LogP contribution in [0.15, 0.2) is 48.5 Å². The summed E-state index contributed by atoms with van der Waals surface area (Å²) in [6.45, 7) is 5.70. The standard InChI is InChI=1S/C26H31F2N3O3/c1-2-34-26(33)31-13-11-21(12-14-31)25(32)30-17-15-29(16-18-30)24(19-3-7-22(27)8-4-19)20-5-9-23(28)10-6-20/h3-10,21,24H,2,11-18H2,1H3. The minimum atomic E-state index is -0.311. The second-order valence-corrected chi connectivity index (χ2v) is 8.83. The number of benzene rings is 2. The van der Waals surface area contributed by atoms with Crippen LogP contribution in [0, 0.1) is 17.6 Å². The van der Waals surface area contributed by atoms with Crippen LogP contribution in [0.3, 0.4) is 0 Å². The van der Waals surface area contributed by atoms with Crippen molar-refractivity contribution in [2.45, 2.75) is 25.8 Å². The van der Waals surface area contributed by atoms with Gasteiger partial charge in [0, 0.05) is 45.2 Å². The fourth-order valence-electron chi connectivity index (χ4n) is 4.89. The Morgan fingerprint density at radius 1 is 0.824 bits per heavy atom. The Hall–Kier alpha value is -3.00. The Bertz CT molecular complexity index is 922. The lowest BCUT2D eigenvalue weighted by Gasteiger charge is -2.41. The number of rotatable bonds is 5. The van der Waals surface area contributed by atoms with E-state index in [2.05, 4.69) is 4.90 Å². The van der Waals surface area contributed by atoms with Crippen LogP contribution < -0.4 is 0 Å². The van der Waals surface area contributed by atoms with Gasteiger partial charge in [-0.3, -0.25) is 9.69 Å². The molecule has 4 rings (SSSR count). The van der Waals surface area contributed by atoms with Crippen LogP contribution in [-0.2, 0) is 9.53 Å². The molecule has 2 amide bonds. The number of hydrogen-bond acceptors (Lipinski definition) is 4. The van der Waals surface area contributed by atoms with Gasteiger partial charge in [0.15, 0.2) is 0 Å². The summed E-state index contributed by atoms with van der Waals surface area (Å²) in [4.78, 5) is 30.9. The molecule has 0 atom stereocenters. The van der Waals surface area contributed by atoms with E-state index < -0.39 is 0 Å². The fourth-order valence-corrected chi connectivity index (χ4v) is 4.89. The van der Waals surface area contributed by atoms with Gasteiger partial charge in [0.25, 0.3) is 0 Å². The van der Waals surface area contributed by atoms with Gasteiger partial charge >= 0.3 is 6.09 Å². The lowest BCUT2D eigenvalue weighted by molar-refractivity contribution is -0.139. The molecule has 8 heteroatoms. The van der Waals surface area contributed by atoms with E-state index in [1.54, 1.807) is 36.1 Å². The van der Waals surface area contributed by atoms with E-state index in [-0.39, 0.29) is 35.6 Å². The summed E-state index contributed by atoms with van der Waals surface area (Å²) in [5.74, 6) is -0.539. The zero-order valence-electron chi connectivity index (χ0n) is 19.5. The number of carbonyl (C=O) groups excluding carboxylic acids is 2. The number of ether oxygens (including phenoxy) is 1. The maximum absolute atomic E-state index is 13.5. The van der Waals surface area contributed by atoms with Gasteiger partial charge < -0.3 is 14.5 Å². The molecule has 2 aliphatic heterocycles. The molecule has 0 N–H and O–H groups in total. The molecule has 0 bridgehead atoms. The zero-order chi connectivity index (χ0) is 24.1. The van der Waals surface area contributed by atoms with Gasteiger partial charge in [0.1, 0.15) is 11.6 Å². The van der Waals surface area contributed by atoms with E-state index in [4.69, 9.17) is 4.74 Å². The van der Waals surface area contributed by atoms with Gasteiger partial charge in [-0.1, -0.05) is 24.3 Å². The normalized spacial score (nSPS) is 17.8. The smallest absolute Gasteiger partial charge is 0.409 e. The predicted octanol–water partition coefficient (Wildman–Crippen LogP) is 4.07. The van der Waals surface area contributed by atoms with Crippen LogP contribution in [0.2, 0.25) is 0 Å². The van der Waals surface area contributed by atoms with Gasteiger partial charge in [-0.15, -0.1) is 0 Å². The lowest BCUT2D eigenvalue weighted by atomic mass is 9.94. The van der Waals surface area contributed by atoms with Crippen molar-refractivity contribution in [3.8, 4) is 0 Å². The number of halogens is 2. The van der Waals surface area contributed by atoms with Crippen molar-refractivity contribution >= 4 is 12.0 Å². The zero-order valence-corrected chi connectivity index (χ0v) is 19.5. The van der Waals surface area contributed by atoms with Crippen LogP contribution in [0.25, 0.3) is 0 Å². The van der Waals surface area contributed by atoms with Crippen LogP contribution in [-0.4, -0.2) is 72.6 Å². The Morgan fingerprint density at radius 3 is 1.79 bits per heavy atom. The fraction of sp³-hybridized carbons (Fsp3) is 0.462. The van der Waals surface area contributed by atoms with Gasteiger partial charge in [0.2, 0.25) is 5.91 Å². The van der Waals surface area contributed by atoms with Crippen molar-refractivity contribution in [2.75, 3.05) is 45.9 Å². The first kappa shape index (κ1) is 24.1. The third-order valence-corrected chi connectivity index (χ3v) is 6.73. The maximum Gasteiger partial charge on any atom is 0.409 e. The molecule has 2 fully saturated rings. The molecule has 34 heavy (non-hydrogen) atoms. The molecule has 2 aliphatic rings. The highest BCUT2D eigenvalue weighted by Gasteiger charge is 2.33. The van der Waals surface area contributed by atoms with E-state index in [1.165, 1.54) is 24.3 Å². The summed E-state index contributed by atoms with van der Waals surface area (Å²) < 4.78 is 32.1. The van der Waals surface area contributed by atoms with E-state index in [1.807, 2.05) is 4.90 Å². The minimum Gasteiger partial charge on any atom is -0.450 e. The maximum atomic E-state index is 13.5. The highest BCUT2D eigenvalue weighted by atomic mass is 19.1. The number of piperidine rings is 1. The Labute approximate surface area is 199 Å². The van der Waals surface area contributed by atoms with Crippen molar-refractivity contribution in [1.29, 1.82) is 0 Å². The molecule has 0 unspecified atom stereocenters. The lowest BCUT2D eigenvalue weighted by Crippen LogP contribution is -2.52. The Balaban J connectivity index is 1.39. The van der Waals surface area contributed by atoms with Crippen molar-refractivity contribution in [1.82, 2.24) is 14.7 Å². The summed E-state index contributed by atoms with van der Waals surface area (Å²) in [6, 6.07) is 12.7. The molecular weight excluding hydrogens is 440 g/mol. The van der Waals surface area contributed by atoms with Crippen LogP contribution in [0.4, 0.5) is 13.6 Å². The summed E-state index contributed by atoms with van der Waals surface area (Å²) in [7, 11) is 0. The summed E-state index contributed by atoms with van der Waals surface area (Å²) in [5, 5.41) is 0. The average Bonchev–Trinajstić information content (AvgIpc) is 2.87. The number of likely N-dealkylation sites (tertiary alicyclic amines) is 1. The summed E-state index contributed by atoms with van der Waals surface area (Å²) >= 11 is 0. The molecule has 0 saturated carbocycles. The number of piperazine rings is 1. The topological polar surface area (TPSA) is 53.1 Å². The molecule has 6 nitrogen and oxygen atoms in total. The molecule has 2 heterocycles. The third kappa shape index (κ3) is 5.55. The molecule has 0 spiro atoms. The second-order valence-electron chi connectivity index (χ2n) is 8.83. The molecule has 0 radical (unpaired) electrons. The Kier molecular flexibility index (Phi) is 7.77. The molecule has 0 aliphatic carbocycles. The van der Waals surface area contributed by atoms with E-state index in [9.17, 15) is 18.4 Å². The van der Waals surface area contributed by atoms with Gasteiger partial charge in [-0.25, -0.2) is 13.6 Å². The van der Waals surface area contributed by atoms with Gasteiger partial charge in [0.05, 0.1) is 12.6 Å². The molecular formula is C26H31F2N3O3. The van der Waals surface area contributed by atoms with Crippen LogP contribution in [0.5, 0.6) is 0 Å². The number of carbonyl (C=O) groups is 2. The summed E-state index contributed by atoms with van der Waals surface area (Å²) in [6.07, 6.45) is 0.978. The summed E-state index contributed by atoms with van der Waals surface area (Å²) in [5.41, 5.74) is 1.86. The second kappa shape index (κ2) is 11.0. The molecule has 2 aromatic rings. The van der Waals surface area contributed by atoms with Crippen molar-refractivity contribution < 1.29 is 23.1 Å². The predicted molar refractivity (Wildman–Crippen MR) is 124 cm³/mol. The number of hydrogen-bond donors (Lipinski definition) is 0. The number of amides is 2. The van der Waals surface area contributed by atoms with Crippen LogP contribution >= 0.6 is 0 Å². The van der Waals surface area contributed by atoms with Gasteiger partial charge in [-0.05, 0) is 55.2 Å². The highest BCUT2D eigenvalue weighted by Crippen LogP contribution is 2.31. The third-order valence-electron chi connectivity index (χ3n) is 6.73. The first-order valence-corrected chi connectivity index (χ1v) is 11.9. The molecule has 0 aromatic heterocycles. The quantitative estimate of drug-likeness (QED) is 0.660. The van der Waals surface area contributed by atoms with Crippen molar-refractivity contribution in [3.05, 3.63) is 71.3 Å². The van der Waals surface area contributed by atoms with Crippen molar-refractivity contribution in [2.24, 2.45) is 5.92 Å². The van der Waals surface area contributed by atoms with E-state index >= 15 is 0 Å². The van der Waals surface area contributed by atoms with Crippen molar-refractivity contribution in [3.63, 3.8) is 0 Å². The average molecular weight is 472 g/mol. The Morgan fingerprint density at radius 2 is 1.32 bits per heavy atom. The number of nitrogens with zero attached hydrogens (tertiary/aromatic N) is 3. The molecule has 2 aromatic carbocycles. The molecule has 182 valence electrons. The monoisotopic (exact) mass is 471 g/mol. The molecule has 2 saturated heterocycles. The first-order chi connectivity index (χ1) is 16.5. The largest absolute Gasteiger partial charge is 0.450 e. The van der Waals surface area contributed by atoms with Gasteiger partial charge in [-0.2, -0.15) is 0 Å². The van der Waals surface area contributed by atoms with E-state index in [0.717, 1.165) is 11.1 Å². The first-order valence-electron chi connectivity index (χ1n) is 11.9. The SMILES string of the molecule is CCOC(=O)N1CCC(C(=O)N2CCN(C(c3ccc(F)cc3)c3ccc(F)cc3)CC2)CC1. The van der Waals surface area contributed by atoms with E-state index in [0.29, 0.717) is 58.7 Å².